The van der Waals surface area contributed by atoms with E-state index in [9.17, 15) is 4.79 Å². The van der Waals surface area contributed by atoms with Gasteiger partial charge in [-0.2, -0.15) is 0 Å². The molecule has 0 saturated heterocycles. The fourth-order valence-corrected chi connectivity index (χ4v) is 3.89. The molecule has 0 aliphatic carbocycles. The largest absolute Gasteiger partial charge is 0.298 e. The lowest BCUT2D eigenvalue weighted by molar-refractivity contribution is 0.508. The van der Waals surface area contributed by atoms with Crippen LogP contribution in [0.25, 0.3) is 38.9 Å². The summed E-state index contributed by atoms with van der Waals surface area (Å²) in [6.07, 6.45) is 1.62. The molecule has 5 rings (SSSR count). The zero-order valence-electron chi connectivity index (χ0n) is 16.0. The van der Waals surface area contributed by atoms with Crippen molar-refractivity contribution >= 4 is 49.2 Å². The predicted molar refractivity (Wildman–Crippen MR) is 118 cm³/mol. The first-order chi connectivity index (χ1) is 14.0. The van der Waals surface area contributed by atoms with Crippen molar-refractivity contribution in [2.24, 2.45) is 5.92 Å². The second-order valence-electron chi connectivity index (χ2n) is 7.49. The summed E-state index contributed by atoms with van der Waals surface area (Å²) >= 11 is 3.48. The molecule has 6 nitrogen and oxygen atoms in total. The third-order valence-electron chi connectivity index (χ3n) is 4.88. The normalized spacial score (nSPS) is 11.9. The molecule has 0 fully saturated rings. The first kappa shape index (κ1) is 18.0. The summed E-state index contributed by atoms with van der Waals surface area (Å²) in [6.45, 7) is 4.76. The molecule has 0 saturated carbocycles. The fourth-order valence-electron chi connectivity index (χ4n) is 3.63. The zero-order chi connectivity index (χ0) is 20.1. The highest BCUT2D eigenvalue weighted by Crippen LogP contribution is 2.28. The lowest BCUT2D eigenvalue weighted by Crippen LogP contribution is -2.23. The minimum Gasteiger partial charge on any atom is -0.298 e. The standard InChI is InChI=1S/C22H18BrN5O/c1-13(2)11-27-12-24-20-18(22(27)29)19-21(26-17-6-4-3-5-16(17)25-19)28(20)15-9-7-14(23)8-10-15/h3-10,12-13H,11H2,1-2H3. The molecule has 0 atom stereocenters. The quantitative estimate of drug-likeness (QED) is 0.401. The van der Waals surface area contributed by atoms with Crippen molar-refractivity contribution in [1.29, 1.82) is 0 Å². The van der Waals surface area contributed by atoms with Crippen molar-refractivity contribution in [3.63, 3.8) is 0 Å². The first-order valence-electron chi connectivity index (χ1n) is 9.45. The number of para-hydroxylation sites is 2. The Kier molecular flexibility index (Phi) is 4.20. The van der Waals surface area contributed by atoms with Gasteiger partial charge in [0.1, 0.15) is 10.9 Å². The van der Waals surface area contributed by atoms with Gasteiger partial charge in [-0.1, -0.05) is 41.9 Å². The van der Waals surface area contributed by atoms with Gasteiger partial charge in [-0.05, 0) is 42.3 Å². The minimum absolute atomic E-state index is 0.0888. The molecule has 0 amide bonds. The van der Waals surface area contributed by atoms with Crippen molar-refractivity contribution in [1.82, 2.24) is 24.1 Å². The van der Waals surface area contributed by atoms with Crippen LogP contribution in [0.1, 0.15) is 13.8 Å². The van der Waals surface area contributed by atoms with Crippen LogP contribution in [0, 0.1) is 5.92 Å². The van der Waals surface area contributed by atoms with E-state index in [2.05, 4.69) is 34.8 Å². The maximum Gasteiger partial charge on any atom is 0.265 e. The molecule has 29 heavy (non-hydrogen) atoms. The van der Waals surface area contributed by atoms with Crippen LogP contribution in [-0.2, 0) is 6.54 Å². The highest BCUT2D eigenvalue weighted by molar-refractivity contribution is 9.10. The zero-order valence-corrected chi connectivity index (χ0v) is 17.6. The van der Waals surface area contributed by atoms with Gasteiger partial charge in [0.05, 0.1) is 17.4 Å². The number of rotatable bonds is 3. The van der Waals surface area contributed by atoms with E-state index in [4.69, 9.17) is 9.97 Å². The topological polar surface area (TPSA) is 65.6 Å². The van der Waals surface area contributed by atoms with E-state index in [-0.39, 0.29) is 5.56 Å². The molecule has 7 heteroatoms. The fraction of sp³-hybridized carbons (Fsp3) is 0.182. The molecule has 0 N–H and O–H groups in total. The lowest BCUT2D eigenvalue weighted by Gasteiger charge is -2.09. The van der Waals surface area contributed by atoms with Gasteiger partial charge in [0.2, 0.25) is 0 Å². The van der Waals surface area contributed by atoms with Gasteiger partial charge in [-0.25, -0.2) is 15.0 Å². The number of fused-ring (bicyclic) bond motifs is 4. The average molecular weight is 448 g/mol. The average Bonchev–Trinajstić information content (AvgIpc) is 3.02. The van der Waals surface area contributed by atoms with E-state index in [0.717, 1.165) is 21.2 Å². The smallest absolute Gasteiger partial charge is 0.265 e. The summed E-state index contributed by atoms with van der Waals surface area (Å²) in [5, 5.41) is 0.504. The van der Waals surface area contributed by atoms with Gasteiger partial charge < -0.3 is 0 Å². The third kappa shape index (κ3) is 2.93. The van der Waals surface area contributed by atoms with E-state index < -0.39 is 0 Å². The molecule has 144 valence electrons. The van der Waals surface area contributed by atoms with Crippen molar-refractivity contribution in [2.45, 2.75) is 20.4 Å². The number of nitrogens with zero attached hydrogens (tertiary/aromatic N) is 5. The SMILES string of the molecule is CC(C)Cn1cnc2c(c1=O)c1nc3ccccc3nc1n2-c1ccc(Br)cc1. The molecule has 0 radical (unpaired) electrons. The van der Waals surface area contributed by atoms with Crippen LogP contribution in [-0.4, -0.2) is 24.1 Å². The van der Waals surface area contributed by atoms with Crippen LogP contribution in [0.3, 0.4) is 0 Å². The minimum atomic E-state index is -0.0888. The summed E-state index contributed by atoms with van der Waals surface area (Å²) in [7, 11) is 0. The van der Waals surface area contributed by atoms with Crippen LogP contribution >= 0.6 is 15.9 Å². The number of halogens is 1. The Morgan fingerprint density at radius 3 is 2.34 bits per heavy atom. The Morgan fingerprint density at radius 1 is 0.966 bits per heavy atom. The number of aromatic nitrogens is 5. The molecule has 0 spiro atoms. The molecule has 5 aromatic rings. The van der Waals surface area contributed by atoms with E-state index in [1.165, 1.54) is 0 Å². The Bertz CT molecular complexity index is 1430. The Balaban J connectivity index is 1.95. The van der Waals surface area contributed by atoms with Crippen molar-refractivity contribution in [3.8, 4) is 5.69 Å². The van der Waals surface area contributed by atoms with Gasteiger partial charge >= 0.3 is 0 Å². The molecule has 2 aromatic carbocycles. The monoisotopic (exact) mass is 447 g/mol. The Morgan fingerprint density at radius 2 is 1.66 bits per heavy atom. The molecule has 3 heterocycles. The number of benzene rings is 2. The van der Waals surface area contributed by atoms with E-state index in [1.807, 2.05) is 53.1 Å². The van der Waals surface area contributed by atoms with E-state index in [1.54, 1.807) is 10.9 Å². The highest BCUT2D eigenvalue weighted by Gasteiger charge is 2.20. The molecule has 0 unspecified atom stereocenters. The van der Waals surface area contributed by atoms with Gasteiger partial charge in [0.15, 0.2) is 11.3 Å². The first-order valence-corrected chi connectivity index (χ1v) is 10.2. The predicted octanol–water partition coefficient (Wildman–Crippen LogP) is 4.70. The van der Waals surface area contributed by atoms with Crippen LogP contribution in [0.2, 0.25) is 0 Å². The second-order valence-corrected chi connectivity index (χ2v) is 8.41. The summed E-state index contributed by atoms with van der Waals surface area (Å²) in [5.74, 6) is 0.332. The Hall–Kier alpha value is -3.06. The second kappa shape index (κ2) is 6.77. The van der Waals surface area contributed by atoms with E-state index in [0.29, 0.717) is 34.7 Å². The number of hydrogen-bond acceptors (Lipinski definition) is 4. The lowest BCUT2D eigenvalue weighted by atomic mass is 10.2. The molecular weight excluding hydrogens is 430 g/mol. The van der Waals surface area contributed by atoms with Gasteiger partial charge in [0.25, 0.3) is 5.56 Å². The van der Waals surface area contributed by atoms with Crippen LogP contribution in [0.5, 0.6) is 0 Å². The van der Waals surface area contributed by atoms with E-state index >= 15 is 0 Å². The summed E-state index contributed by atoms with van der Waals surface area (Å²) in [5.41, 5.74) is 4.12. The summed E-state index contributed by atoms with van der Waals surface area (Å²) in [4.78, 5) is 27.7. The third-order valence-corrected chi connectivity index (χ3v) is 5.41. The van der Waals surface area contributed by atoms with Crippen molar-refractivity contribution in [2.75, 3.05) is 0 Å². The number of hydrogen-bond donors (Lipinski definition) is 0. The highest BCUT2D eigenvalue weighted by atomic mass is 79.9. The Labute approximate surface area is 175 Å². The maximum atomic E-state index is 13.3. The maximum absolute atomic E-state index is 13.3. The van der Waals surface area contributed by atoms with Crippen molar-refractivity contribution in [3.05, 3.63) is 69.7 Å². The van der Waals surface area contributed by atoms with Crippen LogP contribution in [0.4, 0.5) is 0 Å². The van der Waals surface area contributed by atoms with Gasteiger partial charge in [-0.3, -0.25) is 13.9 Å². The van der Waals surface area contributed by atoms with Gasteiger partial charge in [0, 0.05) is 16.7 Å². The molecule has 0 aliphatic heterocycles. The molecule has 0 bridgehead atoms. The molecule has 3 aromatic heterocycles. The molecular formula is C22H18BrN5O. The molecule has 0 aliphatic rings. The van der Waals surface area contributed by atoms with Gasteiger partial charge in [-0.15, -0.1) is 0 Å². The summed E-state index contributed by atoms with van der Waals surface area (Å²) in [6, 6.07) is 15.6. The van der Waals surface area contributed by atoms with Crippen LogP contribution < -0.4 is 5.56 Å². The van der Waals surface area contributed by atoms with Crippen molar-refractivity contribution < 1.29 is 0 Å². The summed E-state index contributed by atoms with van der Waals surface area (Å²) < 4.78 is 4.55. The van der Waals surface area contributed by atoms with Crippen LogP contribution in [0.15, 0.2) is 64.1 Å².